The molecule has 2 aliphatic heterocycles. The molecule has 2 heterocycles. The van der Waals surface area contributed by atoms with Gasteiger partial charge in [-0.25, -0.2) is 0 Å². The lowest BCUT2D eigenvalue weighted by Gasteiger charge is -2.30. The molecule has 0 aliphatic carbocycles. The van der Waals surface area contributed by atoms with Gasteiger partial charge in [0.1, 0.15) is 0 Å². The van der Waals surface area contributed by atoms with Crippen LogP contribution in [-0.4, -0.2) is 41.3 Å². The zero-order valence-electron chi connectivity index (χ0n) is 14.5. The molecular formula is C20H28N2O2. The molecule has 3 atom stereocenters. The second-order valence-corrected chi connectivity index (χ2v) is 7.14. The minimum Gasteiger partial charge on any atom is -0.329 e. The molecule has 1 unspecified atom stereocenters. The molecule has 1 aromatic carbocycles. The fraction of sp³-hybridized carbons (Fsp3) is 0.600. The van der Waals surface area contributed by atoms with Crippen LogP contribution in [0.3, 0.4) is 0 Å². The predicted molar refractivity (Wildman–Crippen MR) is 94.7 cm³/mol. The van der Waals surface area contributed by atoms with Crippen LogP contribution in [0.25, 0.3) is 0 Å². The van der Waals surface area contributed by atoms with E-state index in [0.717, 1.165) is 45.1 Å². The van der Waals surface area contributed by atoms with E-state index in [-0.39, 0.29) is 29.8 Å². The summed E-state index contributed by atoms with van der Waals surface area (Å²) in [6.07, 6.45) is 6.06. The van der Waals surface area contributed by atoms with Crippen molar-refractivity contribution in [1.29, 1.82) is 0 Å². The fourth-order valence-electron chi connectivity index (χ4n) is 4.02. The summed E-state index contributed by atoms with van der Waals surface area (Å²) in [4.78, 5) is 27.4. The van der Waals surface area contributed by atoms with E-state index in [4.69, 9.17) is 0 Å². The Morgan fingerprint density at radius 1 is 1.17 bits per heavy atom. The standard InChI is InChI=1S/C20H28N2O2/c1-15-12-13-18(22(15)20(24)17-10-6-14-21-17)19(23)11-5-9-16-7-3-2-4-8-16/h2-4,7-8,15,17-18,21H,5-6,9-14H2,1H3/t15-,17+,18?/m1/s1. The Kier molecular flexibility index (Phi) is 5.67. The highest BCUT2D eigenvalue weighted by atomic mass is 16.2. The summed E-state index contributed by atoms with van der Waals surface area (Å²) in [5.41, 5.74) is 1.27. The number of rotatable bonds is 6. The first-order valence-electron chi connectivity index (χ1n) is 9.29. The molecular weight excluding hydrogens is 300 g/mol. The van der Waals surface area contributed by atoms with Gasteiger partial charge in [-0.15, -0.1) is 0 Å². The number of carbonyl (C=O) groups is 2. The Bertz CT molecular complexity index is 566. The maximum absolute atomic E-state index is 12.8. The first-order chi connectivity index (χ1) is 11.7. The maximum Gasteiger partial charge on any atom is 0.240 e. The minimum atomic E-state index is -0.203. The average Bonchev–Trinajstić information content (AvgIpc) is 3.25. The number of nitrogens with one attached hydrogen (secondary N) is 1. The highest BCUT2D eigenvalue weighted by molar-refractivity contribution is 5.91. The molecule has 2 fully saturated rings. The van der Waals surface area contributed by atoms with Crippen molar-refractivity contribution in [2.24, 2.45) is 0 Å². The molecule has 130 valence electrons. The van der Waals surface area contributed by atoms with Crippen LogP contribution in [0.2, 0.25) is 0 Å². The number of carbonyl (C=O) groups excluding carboxylic acids is 2. The summed E-state index contributed by atoms with van der Waals surface area (Å²) < 4.78 is 0. The van der Waals surface area contributed by atoms with Gasteiger partial charge >= 0.3 is 0 Å². The van der Waals surface area contributed by atoms with Crippen LogP contribution in [0.5, 0.6) is 0 Å². The first kappa shape index (κ1) is 17.2. The van der Waals surface area contributed by atoms with Gasteiger partial charge in [0.25, 0.3) is 0 Å². The van der Waals surface area contributed by atoms with Gasteiger partial charge < -0.3 is 10.2 Å². The molecule has 1 N–H and O–H groups in total. The van der Waals surface area contributed by atoms with Crippen molar-refractivity contribution in [3.05, 3.63) is 35.9 Å². The fourth-order valence-corrected chi connectivity index (χ4v) is 4.02. The smallest absolute Gasteiger partial charge is 0.240 e. The van der Waals surface area contributed by atoms with Crippen LogP contribution in [0.15, 0.2) is 30.3 Å². The van der Waals surface area contributed by atoms with E-state index in [0.29, 0.717) is 6.42 Å². The van der Waals surface area contributed by atoms with E-state index >= 15 is 0 Å². The van der Waals surface area contributed by atoms with Crippen LogP contribution in [-0.2, 0) is 16.0 Å². The normalized spacial score (nSPS) is 26.7. The van der Waals surface area contributed by atoms with Crippen molar-refractivity contribution in [2.75, 3.05) is 6.54 Å². The van der Waals surface area contributed by atoms with Crippen molar-refractivity contribution >= 4 is 11.7 Å². The van der Waals surface area contributed by atoms with Gasteiger partial charge in [-0.1, -0.05) is 30.3 Å². The summed E-state index contributed by atoms with van der Waals surface area (Å²) in [5, 5.41) is 3.28. The zero-order valence-corrected chi connectivity index (χ0v) is 14.5. The van der Waals surface area contributed by atoms with Crippen LogP contribution in [0.1, 0.15) is 51.0 Å². The number of aryl methyl sites for hydroxylation is 1. The molecule has 0 spiro atoms. The highest BCUT2D eigenvalue weighted by Crippen LogP contribution is 2.28. The Morgan fingerprint density at radius 3 is 2.67 bits per heavy atom. The quantitative estimate of drug-likeness (QED) is 0.873. The van der Waals surface area contributed by atoms with Gasteiger partial charge in [0.15, 0.2) is 5.78 Å². The van der Waals surface area contributed by atoms with Gasteiger partial charge in [0.05, 0.1) is 12.1 Å². The number of hydrogen-bond donors (Lipinski definition) is 1. The Morgan fingerprint density at radius 2 is 1.96 bits per heavy atom. The lowest BCUT2D eigenvalue weighted by Crippen LogP contribution is -2.50. The summed E-state index contributed by atoms with van der Waals surface area (Å²) >= 11 is 0. The summed E-state index contributed by atoms with van der Waals surface area (Å²) in [7, 11) is 0. The first-order valence-corrected chi connectivity index (χ1v) is 9.29. The SMILES string of the molecule is C[C@@H]1CCC(C(=O)CCCc2ccccc2)N1C(=O)[C@@H]1CCCN1. The van der Waals surface area contributed by atoms with Crippen molar-refractivity contribution in [2.45, 2.75) is 70.0 Å². The van der Waals surface area contributed by atoms with E-state index in [9.17, 15) is 9.59 Å². The van der Waals surface area contributed by atoms with Crippen LogP contribution < -0.4 is 5.32 Å². The monoisotopic (exact) mass is 328 g/mol. The third kappa shape index (κ3) is 3.86. The van der Waals surface area contributed by atoms with Gasteiger partial charge in [0.2, 0.25) is 5.91 Å². The van der Waals surface area contributed by atoms with Crippen LogP contribution >= 0.6 is 0 Å². The Labute approximate surface area is 144 Å². The largest absolute Gasteiger partial charge is 0.329 e. The average molecular weight is 328 g/mol. The predicted octanol–water partition coefficient (Wildman–Crippen LogP) is 2.71. The number of hydrogen-bond acceptors (Lipinski definition) is 3. The number of ketones is 1. The van der Waals surface area contributed by atoms with Crippen LogP contribution in [0, 0.1) is 0 Å². The van der Waals surface area contributed by atoms with E-state index < -0.39 is 0 Å². The summed E-state index contributed by atoms with van der Waals surface area (Å²) in [6.45, 7) is 2.98. The van der Waals surface area contributed by atoms with E-state index in [1.165, 1.54) is 5.56 Å². The van der Waals surface area contributed by atoms with Gasteiger partial charge in [-0.3, -0.25) is 9.59 Å². The Hall–Kier alpha value is -1.68. The van der Waals surface area contributed by atoms with Crippen molar-refractivity contribution < 1.29 is 9.59 Å². The third-order valence-electron chi connectivity index (χ3n) is 5.38. The van der Waals surface area contributed by atoms with E-state index in [1.807, 2.05) is 23.1 Å². The minimum absolute atomic E-state index is 0.0785. The number of benzene rings is 1. The summed E-state index contributed by atoms with van der Waals surface area (Å²) in [6, 6.07) is 10.2. The molecule has 1 amide bonds. The molecule has 4 nitrogen and oxygen atoms in total. The van der Waals surface area contributed by atoms with Crippen molar-refractivity contribution in [1.82, 2.24) is 10.2 Å². The topological polar surface area (TPSA) is 49.4 Å². The second-order valence-electron chi connectivity index (χ2n) is 7.14. The molecule has 3 rings (SSSR count). The number of Topliss-reactive ketones (excluding diaryl/α,β-unsaturated/α-hetero) is 1. The zero-order chi connectivity index (χ0) is 16.9. The van der Waals surface area contributed by atoms with Crippen molar-refractivity contribution in [3.63, 3.8) is 0 Å². The molecule has 0 bridgehead atoms. The third-order valence-corrected chi connectivity index (χ3v) is 5.38. The lowest BCUT2D eigenvalue weighted by molar-refractivity contribution is -0.140. The maximum atomic E-state index is 12.8. The number of amides is 1. The molecule has 2 aliphatic rings. The van der Waals surface area contributed by atoms with Crippen LogP contribution in [0.4, 0.5) is 0 Å². The molecule has 24 heavy (non-hydrogen) atoms. The second kappa shape index (κ2) is 7.93. The molecule has 1 aromatic rings. The Balaban J connectivity index is 1.55. The lowest BCUT2D eigenvalue weighted by atomic mass is 10.0. The summed E-state index contributed by atoms with van der Waals surface area (Å²) in [5.74, 6) is 0.375. The van der Waals surface area contributed by atoms with Gasteiger partial charge in [0, 0.05) is 12.5 Å². The van der Waals surface area contributed by atoms with Crippen molar-refractivity contribution in [3.8, 4) is 0 Å². The molecule has 0 radical (unpaired) electrons. The van der Waals surface area contributed by atoms with E-state index in [2.05, 4.69) is 24.4 Å². The molecule has 2 saturated heterocycles. The highest BCUT2D eigenvalue weighted by Gasteiger charge is 2.40. The number of likely N-dealkylation sites (tertiary alicyclic amines) is 1. The van der Waals surface area contributed by atoms with Gasteiger partial charge in [-0.2, -0.15) is 0 Å². The number of nitrogens with zero attached hydrogens (tertiary/aromatic N) is 1. The van der Waals surface area contributed by atoms with Gasteiger partial charge in [-0.05, 0) is 57.6 Å². The van der Waals surface area contributed by atoms with E-state index in [1.54, 1.807) is 0 Å². The molecule has 4 heteroatoms. The molecule has 0 aromatic heterocycles. The molecule has 0 saturated carbocycles.